The number of ketones is 1. The molecule has 0 atom stereocenters. The number of benzene rings is 1. The van der Waals surface area contributed by atoms with Gasteiger partial charge in [-0.1, -0.05) is 29.5 Å². The highest BCUT2D eigenvalue weighted by atomic mass is 32.2. The molecular weight excluding hydrogens is 418 g/mol. The lowest BCUT2D eigenvalue weighted by atomic mass is 10.2. The number of rotatable bonds is 7. The smallest absolute Gasteiger partial charge is 0.192 e. The van der Waals surface area contributed by atoms with Gasteiger partial charge in [0.15, 0.2) is 16.8 Å². The molecule has 5 rings (SSSR count). The lowest BCUT2D eigenvalue weighted by Crippen LogP contribution is -2.07. The van der Waals surface area contributed by atoms with Gasteiger partial charge in [0.2, 0.25) is 0 Å². The molecule has 1 aliphatic carbocycles. The molecule has 162 valence electrons. The summed E-state index contributed by atoms with van der Waals surface area (Å²) >= 11 is 1.47. The minimum Gasteiger partial charge on any atom is -0.318 e. The van der Waals surface area contributed by atoms with E-state index in [2.05, 4.69) is 55.5 Å². The maximum Gasteiger partial charge on any atom is 0.192 e. The minimum absolute atomic E-state index is 0.106. The first-order chi connectivity index (χ1) is 15.5. The molecule has 0 aliphatic heterocycles. The van der Waals surface area contributed by atoms with Gasteiger partial charge in [0.25, 0.3) is 0 Å². The lowest BCUT2D eigenvalue weighted by molar-refractivity contribution is 0.102. The van der Waals surface area contributed by atoms with E-state index in [1.807, 2.05) is 38.2 Å². The predicted molar refractivity (Wildman–Crippen MR) is 127 cm³/mol. The second-order valence-corrected chi connectivity index (χ2v) is 9.26. The summed E-state index contributed by atoms with van der Waals surface area (Å²) < 4.78 is 4.31. The van der Waals surface area contributed by atoms with Gasteiger partial charge in [-0.15, -0.1) is 10.2 Å². The number of carbonyl (C=O) groups is 1. The Morgan fingerprint density at radius 2 is 1.88 bits per heavy atom. The van der Waals surface area contributed by atoms with Gasteiger partial charge in [0.1, 0.15) is 0 Å². The number of hydrogen-bond donors (Lipinski definition) is 0. The van der Waals surface area contributed by atoms with E-state index in [1.54, 1.807) is 6.20 Å². The molecular formula is C25H25N5OS. The zero-order chi connectivity index (χ0) is 22.2. The number of aryl methyl sites for hydroxylation is 2. The Hall–Kier alpha value is -3.19. The summed E-state index contributed by atoms with van der Waals surface area (Å²) in [6, 6.07) is 14.7. The van der Waals surface area contributed by atoms with Crippen molar-refractivity contribution < 1.29 is 4.79 Å². The number of hydrogen-bond acceptors (Lipinski definition) is 5. The molecule has 0 saturated heterocycles. The molecule has 0 spiro atoms. The van der Waals surface area contributed by atoms with Crippen molar-refractivity contribution in [2.75, 3.05) is 5.75 Å². The molecule has 0 amide bonds. The molecule has 32 heavy (non-hydrogen) atoms. The van der Waals surface area contributed by atoms with Gasteiger partial charge in [-0.3, -0.25) is 14.3 Å². The zero-order valence-electron chi connectivity index (χ0n) is 18.4. The summed E-state index contributed by atoms with van der Waals surface area (Å²) in [6.45, 7) is 6.13. The van der Waals surface area contributed by atoms with Gasteiger partial charge in [-0.05, 0) is 63.9 Å². The average Bonchev–Trinajstić information content (AvgIpc) is 3.48. The summed E-state index contributed by atoms with van der Waals surface area (Å²) in [6.07, 6.45) is 5.79. The van der Waals surface area contributed by atoms with Gasteiger partial charge in [0, 0.05) is 46.6 Å². The van der Waals surface area contributed by atoms with Gasteiger partial charge in [-0.25, -0.2) is 0 Å². The van der Waals surface area contributed by atoms with Gasteiger partial charge < -0.3 is 4.57 Å². The molecule has 1 fully saturated rings. The van der Waals surface area contributed by atoms with Gasteiger partial charge in [-0.2, -0.15) is 0 Å². The molecule has 7 heteroatoms. The van der Waals surface area contributed by atoms with Crippen molar-refractivity contribution >= 4 is 17.5 Å². The molecule has 3 heterocycles. The number of thioether (sulfide) groups is 1. The SMILES string of the molecule is Cc1ccc(-n2c(C)cc(C(=O)CSc3nnc(-c4cccnc4)n3C3CC3)c2C)cc1. The van der Waals surface area contributed by atoms with Crippen LogP contribution in [0.25, 0.3) is 17.1 Å². The van der Waals surface area contributed by atoms with Crippen LogP contribution in [0.3, 0.4) is 0 Å². The van der Waals surface area contributed by atoms with Crippen molar-refractivity contribution in [2.24, 2.45) is 0 Å². The van der Waals surface area contributed by atoms with Gasteiger partial charge >= 0.3 is 0 Å². The lowest BCUT2D eigenvalue weighted by Gasteiger charge is -2.10. The number of Topliss-reactive ketones (excluding diaryl/α,β-unsaturated/α-hetero) is 1. The highest BCUT2D eigenvalue weighted by Gasteiger charge is 2.30. The summed E-state index contributed by atoms with van der Waals surface area (Å²) in [7, 11) is 0. The highest BCUT2D eigenvalue weighted by molar-refractivity contribution is 7.99. The second-order valence-electron chi connectivity index (χ2n) is 8.32. The molecule has 6 nitrogen and oxygen atoms in total. The maximum atomic E-state index is 13.2. The largest absolute Gasteiger partial charge is 0.318 e. The fraction of sp³-hybridized carbons (Fsp3) is 0.280. The fourth-order valence-electron chi connectivity index (χ4n) is 4.07. The summed E-state index contributed by atoms with van der Waals surface area (Å²) in [5.74, 6) is 1.26. The van der Waals surface area contributed by atoms with E-state index < -0.39 is 0 Å². The molecule has 0 bridgehead atoms. The van der Waals surface area contributed by atoms with Crippen LogP contribution in [0.15, 0.2) is 60.0 Å². The Morgan fingerprint density at radius 1 is 1.09 bits per heavy atom. The van der Waals surface area contributed by atoms with E-state index in [1.165, 1.54) is 17.3 Å². The van der Waals surface area contributed by atoms with Crippen LogP contribution in [-0.4, -0.2) is 35.9 Å². The molecule has 0 radical (unpaired) electrons. The third-order valence-electron chi connectivity index (χ3n) is 5.85. The molecule has 0 N–H and O–H groups in total. The van der Waals surface area contributed by atoms with Crippen molar-refractivity contribution in [3.8, 4) is 17.1 Å². The van der Waals surface area contributed by atoms with Crippen LogP contribution in [0.1, 0.15) is 46.2 Å². The van der Waals surface area contributed by atoms with Crippen LogP contribution < -0.4 is 0 Å². The van der Waals surface area contributed by atoms with E-state index in [0.29, 0.717) is 11.8 Å². The Bertz CT molecular complexity index is 1270. The van der Waals surface area contributed by atoms with Crippen molar-refractivity contribution in [2.45, 2.75) is 44.8 Å². The van der Waals surface area contributed by atoms with Crippen molar-refractivity contribution in [3.05, 3.63) is 77.4 Å². The number of nitrogens with zero attached hydrogens (tertiary/aromatic N) is 5. The summed E-state index contributed by atoms with van der Waals surface area (Å²) in [5.41, 5.74) is 6.03. The topological polar surface area (TPSA) is 65.6 Å². The molecule has 1 aliphatic rings. The highest BCUT2D eigenvalue weighted by Crippen LogP contribution is 2.41. The van der Waals surface area contributed by atoms with Crippen molar-refractivity contribution in [1.29, 1.82) is 0 Å². The number of carbonyl (C=O) groups excluding carboxylic acids is 1. The van der Waals surface area contributed by atoms with Crippen LogP contribution in [0.5, 0.6) is 0 Å². The molecule has 1 saturated carbocycles. The standard InChI is InChI=1S/C25H25N5OS/c1-16-6-8-20(9-7-16)29-17(2)13-22(18(29)3)23(31)15-32-25-28-27-24(30(25)21-10-11-21)19-5-4-12-26-14-19/h4-9,12-14,21H,10-11,15H2,1-3H3. The first-order valence-corrected chi connectivity index (χ1v) is 11.8. The van der Waals surface area contributed by atoms with E-state index in [-0.39, 0.29) is 5.78 Å². The van der Waals surface area contributed by atoms with Gasteiger partial charge in [0.05, 0.1) is 5.75 Å². The molecule has 3 aromatic heterocycles. The van der Waals surface area contributed by atoms with E-state index in [9.17, 15) is 4.79 Å². The Balaban J connectivity index is 1.38. The quantitative estimate of drug-likeness (QED) is 0.284. The van der Waals surface area contributed by atoms with E-state index in [0.717, 1.165) is 52.0 Å². The molecule has 4 aromatic rings. The summed E-state index contributed by atoms with van der Waals surface area (Å²) in [5, 5.41) is 9.63. The minimum atomic E-state index is 0.106. The van der Waals surface area contributed by atoms with Crippen LogP contribution >= 0.6 is 11.8 Å². The van der Waals surface area contributed by atoms with Crippen LogP contribution in [-0.2, 0) is 0 Å². The Morgan fingerprint density at radius 3 is 2.56 bits per heavy atom. The third kappa shape index (κ3) is 3.88. The van der Waals surface area contributed by atoms with Crippen LogP contribution in [0.4, 0.5) is 0 Å². The predicted octanol–water partition coefficient (Wildman–Crippen LogP) is 5.37. The number of aromatic nitrogens is 5. The normalized spacial score (nSPS) is 13.5. The molecule has 0 unspecified atom stereocenters. The number of pyridine rings is 1. The summed E-state index contributed by atoms with van der Waals surface area (Å²) in [4.78, 5) is 17.4. The van der Waals surface area contributed by atoms with Crippen LogP contribution in [0, 0.1) is 20.8 Å². The first kappa shape index (κ1) is 20.7. The fourth-order valence-corrected chi connectivity index (χ4v) is 4.96. The average molecular weight is 444 g/mol. The molecule has 1 aromatic carbocycles. The Labute approximate surface area is 191 Å². The maximum absolute atomic E-state index is 13.2. The zero-order valence-corrected chi connectivity index (χ0v) is 19.3. The van der Waals surface area contributed by atoms with E-state index in [4.69, 9.17) is 0 Å². The van der Waals surface area contributed by atoms with Crippen molar-refractivity contribution in [3.63, 3.8) is 0 Å². The third-order valence-corrected chi connectivity index (χ3v) is 6.80. The Kier molecular flexibility index (Phi) is 5.43. The second kappa shape index (κ2) is 8.39. The van der Waals surface area contributed by atoms with Crippen LogP contribution in [0.2, 0.25) is 0 Å². The first-order valence-electron chi connectivity index (χ1n) is 10.8. The monoisotopic (exact) mass is 443 g/mol. The van der Waals surface area contributed by atoms with Crippen molar-refractivity contribution in [1.82, 2.24) is 24.3 Å². The van der Waals surface area contributed by atoms with E-state index >= 15 is 0 Å².